The minimum atomic E-state index is -0.0627. The minimum absolute atomic E-state index is 0.0627. The van der Waals surface area contributed by atoms with Gasteiger partial charge in [0.05, 0.1) is 42.6 Å². The summed E-state index contributed by atoms with van der Waals surface area (Å²) in [5.74, 6) is 0. The van der Waals surface area contributed by atoms with Crippen LogP contribution in [0.5, 0.6) is 0 Å². The molecule has 0 spiro atoms. The average Bonchev–Trinajstić information content (AvgIpc) is 2.81. The molecule has 0 unspecified atom stereocenters. The summed E-state index contributed by atoms with van der Waals surface area (Å²) in [5, 5.41) is 9.45. The van der Waals surface area contributed by atoms with E-state index in [-0.39, 0.29) is 12.0 Å². The van der Waals surface area contributed by atoms with Crippen LogP contribution in [-0.2, 0) is 11.3 Å². The Hall–Kier alpha value is -1.43. The standard InChI is InChI=1S/C14H19N3O2/c1-17(6-14(7-18)8-19-9-14)5-11-2-3-12-13(4-11)16-10-15-12/h2-4,10,18H,5-9H2,1H3,(H,15,16). The molecule has 2 aromatic rings. The van der Waals surface area contributed by atoms with E-state index < -0.39 is 0 Å². The second kappa shape index (κ2) is 4.92. The van der Waals surface area contributed by atoms with Crippen molar-refractivity contribution in [2.24, 2.45) is 5.41 Å². The van der Waals surface area contributed by atoms with E-state index in [1.165, 1.54) is 5.56 Å². The fourth-order valence-corrected chi connectivity index (χ4v) is 2.64. The van der Waals surface area contributed by atoms with Gasteiger partial charge < -0.3 is 19.7 Å². The fraction of sp³-hybridized carbons (Fsp3) is 0.500. The lowest BCUT2D eigenvalue weighted by Crippen LogP contribution is -2.52. The van der Waals surface area contributed by atoms with Gasteiger partial charge in [-0.05, 0) is 24.7 Å². The Morgan fingerprint density at radius 3 is 3.00 bits per heavy atom. The molecule has 5 nitrogen and oxygen atoms in total. The molecule has 19 heavy (non-hydrogen) atoms. The fourth-order valence-electron chi connectivity index (χ4n) is 2.64. The van der Waals surface area contributed by atoms with E-state index in [0.717, 1.165) is 24.1 Å². The van der Waals surface area contributed by atoms with Crippen LogP contribution in [-0.4, -0.2) is 53.4 Å². The predicted molar refractivity (Wildman–Crippen MR) is 72.8 cm³/mol. The maximum absolute atomic E-state index is 9.45. The Bertz CT molecular complexity index is 557. The van der Waals surface area contributed by atoms with E-state index in [4.69, 9.17) is 4.74 Å². The van der Waals surface area contributed by atoms with E-state index in [9.17, 15) is 5.11 Å². The molecule has 1 aliphatic rings. The molecule has 1 aliphatic heterocycles. The van der Waals surface area contributed by atoms with Crippen LogP contribution in [0.15, 0.2) is 24.5 Å². The first-order chi connectivity index (χ1) is 9.21. The minimum Gasteiger partial charge on any atom is -0.396 e. The van der Waals surface area contributed by atoms with Crippen molar-refractivity contribution in [3.8, 4) is 0 Å². The highest BCUT2D eigenvalue weighted by Crippen LogP contribution is 2.28. The highest BCUT2D eigenvalue weighted by molar-refractivity contribution is 5.74. The molecule has 0 aliphatic carbocycles. The highest BCUT2D eigenvalue weighted by Gasteiger charge is 2.38. The van der Waals surface area contributed by atoms with Gasteiger partial charge in [-0.15, -0.1) is 0 Å². The number of aliphatic hydroxyl groups excluding tert-OH is 1. The molecule has 0 atom stereocenters. The van der Waals surface area contributed by atoms with Gasteiger partial charge in [0.1, 0.15) is 0 Å². The van der Waals surface area contributed by atoms with Gasteiger partial charge in [-0.3, -0.25) is 0 Å². The molecule has 0 saturated carbocycles. The zero-order valence-corrected chi connectivity index (χ0v) is 11.1. The molecule has 0 amide bonds. The van der Waals surface area contributed by atoms with Crippen molar-refractivity contribution < 1.29 is 9.84 Å². The summed E-state index contributed by atoms with van der Waals surface area (Å²) in [6, 6.07) is 6.26. The maximum Gasteiger partial charge on any atom is 0.0931 e. The first kappa shape index (κ1) is 12.6. The third kappa shape index (κ3) is 2.49. The number of H-pyrrole nitrogens is 1. The summed E-state index contributed by atoms with van der Waals surface area (Å²) in [4.78, 5) is 9.57. The quantitative estimate of drug-likeness (QED) is 0.843. The van der Waals surface area contributed by atoms with Crippen molar-refractivity contribution in [2.45, 2.75) is 6.54 Å². The number of rotatable bonds is 5. The molecule has 0 radical (unpaired) electrons. The molecule has 1 aromatic carbocycles. The van der Waals surface area contributed by atoms with E-state index in [0.29, 0.717) is 13.2 Å². The van der Waals surface area contributed by atoms with E-state index in [1.807, 2.05) is 6.07 Å². The molecule has 5 heteroatoms. The maximum atomic E-state index is 9.45. The van der Waals surface area contributed by atoms with E-state index >= 15 is 0 Å². The Morgan fingerprint density at radius 1 is 1.47 bits per heavy atom. The Balaban J connectivity index is 1.66. The molecule has 102 valence electrons. The van der Waals surface area contributed by atoms with Crippen molar-refractivity contribution in [3.05, 3.63) is 30.1 Å². The monoisotopic (exact) mass is 261 g/mol. The number of fused-ring (bicyclic) bond motifs is 1. The second-order valence-corrected chi connectivity index (χ2v) is 5.58. The summed E-state index contributed by atoms with van der Waals surface area (Å²) in [7, 11) is 2.08. The lowest BCUT2D eigenvalue weighted by atomic mass is 9.86. The van der Waals surface area contributed by atoms with E-state index in [2.05, 4.69) is 34.0 Å². The summed E-state index contributed by atoms with van der Waals surface area (Å²) >= 11 is 0. The van der Waals surface area contributed by atoms with Crippen molar-refractivity contribution in [1.29, 1.82) is 0 Å². The second-order valence-electron chi connectivity index (χ2n) is 5.58. The zero-order chi connectivity index (χ0) is 13.3. The van der Waals surface area contributed by atoms with Crippen LogP contribution in [0, 0.1) is 5.41 Å². The van der Waals surface area contributed by atoms with Crippen LogP contribution in [0.25, 0.3) is 11.0 Å². The van der Waals surface area contributed by atoms with Crippen LogP contribution in [0.3, 0.4) is 0 Å². The number of imidazole rings is 1. The van der Waals surface area contributed by atoms with E-state index in [1.54, 1.807) is 6.33 Å². The van der Waals surface area contributed by atoms with Gasteiger partial charge >= 0.3 is 0 Å². The average molecular weight is 261 g/mol. The summed E-state index contributed by atoms with van der Waals surface area (Å²) in [6.45, 7) is 3.22. The number of hydrogen-bond acceptors (Lipinski definition) is 4. The smallest absolute Gasteiger partial charge is 0.0931 e. The SMILES string of the molecule is CN(Cc1ccc2nc[nH]c2c1)CC1(CO)COC1. The molecule has 1 saturated heterocycles. The van der Waals surface area contributed by atoms with Crippen molar-refractivity contribution >= 4 is 11.0 Å². The number of nitrogens with one attached hydrogen (secondary N) is 1. The molecule has 1 aromatic heterocycles. The number of aromatic amines is 1. The topological polar surface area (TPSA) is 61.4 Å². The van der Waals surface area contributed by atoms with Gasteiger partial charge in [0.25, 0.3) is 0 Å². The molecule has 2 heterocycles. The van der Waals surface area contributed by atoms with Gasteiger partial charge in [0.15, 0.2) is 0 Å². The first-order valence-electron chi connectivity index (χ1n) is 6.50. The molecule has 1 fully saturated rings. The summed E-state index contributed by atoms with van der Waals surface area (Å²) < 4.78 is 5.23. The Labute approximate surface area is 112 Å². The van der Waals surface area contributed by atoms with Crippen LogP contribution < -0.4 is 0 Å². The van der Waals surface area contributed by atoms with Crippen LogP contribution >= 0.6 is 0 Å². The number of benzene rings is 1. The van der Waals surface area contributed by atoms with Crippen molar-refractivity contribution in [1.82, 2.24) is 14.9 Å². The zero-order valence-electron chi connectivity index (χ0n) is 11.1. The van der Waals surface area contributed by atoms with Gasteiger partial charge in [-0.2, -0.15) is 0 Å². The Morgan fingerprint density at radius 2 is 2.32 bits per heavy atom. The summed E-state index contributed by atoms with van der Waals surface area (Å²) in [6.07, 6.45) is 1.71. The summed E-state index contributed by atoms with van der Waals surface area (Å²) in [5.41, 5.74) is 3.24. The Kier molecular flexibility index (Phi) is 3.26. The number of hydrogen-bond donors (Lipinski definition) is 2. The lowest BCUT2D eigenvalue weighted by molar-refractivity contribution is -0.147. The van der Waals surface area contributed by atoms with Gasteiger partial charge in [0.2, 0.25) is 0 Å². The highest BCUT2D eigenvalue weighted by atomic mass is 16.5. The molecule has 3 rings (SSSR count). The van der Waals surface area contributed by atoms with Gasteiger partial charge in [0, 0.05) is 13.1 Å². The number of aliphatic hydroxyl groups is 1. The third-order valence-electron chi connectivity index (χ3n) is 3.69. The van der Waals surface area contributed by atoms with Crippen LogP contribution in [0.4, 0.5) is 0 Å². The number of aromatic nitrogens is 2. The van der Waals surface area contributed by atoms with Crippen molar-refractivity contribution in [3.63, 3.8) is 0 Å². The normalized spacial score (nSPS) is 17.8. The van der Waals surface area contributed by atoms with Crippen molar-refractivity contribution in [2.75, 3.05) is 33.4 Å². The first-order valence-corrected chi connectivity index (χ1v) is 6.50. The van der Waals surface area contributed by atoms with Crippen LogP contribution in [0.2, 0.25) is 0 Å². The predicted octanol–water partition coefficient (Wildman–Crippen LogP) is 1.00. The van der Waals surface area contributed by atoms with Gasteiger partial charge in [-0.25, -0.2) is 4.98 Å². The lowest BCUT2D eigenvalue weighted by Gasteiger charge is -2.42. The number of nitrogens with zero attached hydrogens (tertiary/aromatic N) is 2. The van der Waals surface area contributed by atoms with Crippen LogP contribution in [0.1, 0.15) is 5.56 Å². The molecule has 0 bridgehead atoms. The molecule has 2 N–H and O–H groups in total. The molecular weight excluding hydrogens is 242 g/mol. The number of ether oxygens (including phenoxy) is 1. The molecular formula is C14H19N3O2. The van der Waals surface area contributed by atoms with Gasteiger partial charge in [-0.1, -0.05) is 6.07 Å². The third-order valence-corrected chi connectivity index (χ3v) is 3.69. The largest absolute Gasteiger partial charge is 0.396 e.